The van der Waals surface area contributed by atoms with Crippen LogP contribution < -0.4 is 5.32 Å². The Morgan fingerprint density at radius 2 is 1.97 bits per heavy atom. The molecule has 1 aromatic rings. The molecule has 37 heavy (non-hydrogen) atoms. The van der Waals surface area contributed by atoms with E-state index in [1.807, 2.05) is 32.0 Å². The number of allylic oxidation sites excluding steroid dienone is 3. The number of nitrogens with one attached hydrogen (secondary N) is 1. The van der Waals surface area contributed by atoms with Crippen LogP contribution in [0.15, 0.2) is 60.5 Å². The summed E-state index contributed by atoms with van der Waals surface area (Å²) >= 11 is 6.38. The van der Waals surface area contributed by atoms with Gasteiger partial charge in [-0.2, -0.15) is 0 Å². The van der Waals surface area contributed by atoms with Crippen molar-refractivity contribution in [1.29, 1.82) is 0 Å². The first kappa shape index (κ1) is 28.4. The third kappa shape index (κ3) is 6.78. The van der Waals surface area contributed by atoms with Gasteiger partial charge in [0.1, 0.15) is 18.0 Å². The minimum absolute atomic E-state index is 0.0334. The predicted molar refractivity (Wildman–Crippen MR) is 142 cm³/mol. The van der Waals surface area contributed by atoms with E-state index in [9.17, 15) is 18.8 Å². The third-order valence-corrected chi connectivity index (χ3v) is 6.82. The van der Waals surface area contributed by atoms with Gasteiger partial charge in [0.2, 0.25) is 11.8 Å². The van der Waals surface area contributed by atoms with E-state index >= 15 is 0 Å². The summed E-state index contributed by atoms with van der Waals surface area (Å²) in [7, 11) is 1.67. The van der Waals surface area contributed by atoms with Crippen LogP contribution in [0.5, 0.6) is 0 Å². The zero-order valence-electron chi connectivity index (χ0n) is 21.8. The lowest BCUT2D eigenvalue weighted by Crippen LogP contribution is -2.76. The molecule has 2 fully saturated rings. The molecule has 0 saturated carbocycles. The SMILES string of the molecule is C=C(F)/C=C\C(=C/C)CNC(=O)N1C2CN(Cc3ccccc3Cl)C(=O)[C@H](CC(C)C)N2C(=O)CN1C. The lowest BCUT2D eigenvalue weighted by Gasteiger charge is -2.54. The highest BCUT2D eigenvalue weighted by molar-refractivity contribution is 6.31. The van der Waals surface area contributed by atoms with Crippen molar-refractivity contribution in [3.63, 3.8) is 0 Å². The Hall–Kier alpha value is -3.17. The van der Waals surface area contributed by atoms with Crippen molar-refractivity contribution in [3.05, 3.63) is 71.1 Å². The molecule has 1 aromatic carbocycles. The largest absolute Gasteiger partial charge is 0.334 e. The number of hydrogen-bond acceptors (Lipinski definition) is 4. The van der Waals surface area contributed by atoms with Crippen molar-refractivity contribution in [2.45, 2.75) is 45.9 Å². The molecule has 2 heterocycles. The second kappa shape index (κ2) is 12.4. The van der Waals surface area contributed by atoms with Gasteiger partial charge in [0, 0.05) is 25.2 Å². The molecule has 0 aromatic heterocycles. The minimum Gasteiger partial charge on any atom is -0.333 e. The lowest BCUT2D eigenvalue weighted by atomic mass is 9.96. The fourth-order valence-electron chi connectivity index (χ4n) is 4.67. The number of amides is 4. The number of fused-ring (bicyclic) bond motifs is 1. The first-order valence-corrected chi connectivity index (χ1v) is 12.7. The van der Waals surface area contributed by atoms with E-state index in [0.29, 0.717) is 17.0 Å². The van der Waals surface area contributed by atoms with Crippen LogP contribution in [-0.2, 0) is 16.1 Å². The van der Waals surface area contributed by atoms with Crippen LogP contribution in [0.3, 0.4) is 0 Å². The number of hydrogen-bond donors (Lipinski definition) is 1. The van der Waals surface area contributed by atoms with Gasteiger partial charge in [0.05, 0.1) is 13.1 Å². The Kier molecular flexibility index (Phi) is 9.50. The highest BCUT2D eigenvalue weighted by atomic mass is 35.5. The average molecular weight is 532 g/mol. The Labute approximate surface area is 223 Å². The van der Waals surface area contributed by atoms with Gasteiger partial charge in [-0.25, -0.2) is 19.2 Å². The van der Waals surface area contributed by atoms with Gasteiger partial charge >= 0.3 is 6.03 Å². The molecule has 4 amide bonds. The van der Waals surface area contributed by atoms with Gasteiger partial charge in [-0.3, -0.25) is 9.59 Å². The minimum atomic E-state index is -0.692. The van der Waals surface area contributed by atoms with Gasteiger partial charge in [-0.15, -0.1) is 0 Å². The summed E-state index contributed by atoms with van der Waals surface area (Å²) in [5.41, 5.74) is 1.48. The summed E-state index contributed by atoms with van der Waals surface area (Å²) in [6.07, 6.45) is 4.32. The van der Waals surface area contributed by atoms with Gasteiger partial charge in [0.15, 0.2) is 0 Å². The van der Waals surface area contributed by atoms with E-state index in [1.165, 1.54) is 11.1 Å². The number of carbonyl (C=O) groups excluding carboxylic acids is 3. The number of likely N-dealkylation sites (N-methyl/N-ethyl adjacent to an activating group) is 1. The van der Waals surface area contributed by atoms with E-state index in [1.54, 1.807) is 47.0 Å². The van der Waals surface area contributed by atoms with Crippen LogP contribution in [0.2, 0.25) is 5.02 Å². The predicted octanol–water partition coefficient (Wildman–Crippen LogP) is 4.11. The van der Waals surface area contributed by atoms with Crippen molar-refractivity contribution < 1.29 is 18.8 Å². The van der Waals surface area contributed by atoms with Crippen LogP contribution in [0, 0.1) is 5.92 Å². The van der Waals surface area contributed by atoms with Gasteiger partial charge < -0.3 is 15.1 Å². The average Bonchev–Trinajstić information content (AvgIpc) is 2.82. The smallest absolute Gasteiger partial charge is 0.333 e. The van der Waals surface area contributed by atoms with Crippen LogP contribution in [0.25, 0.3) is 0 Å². The van der Waals surface area contributed by atoms with E-state index in [4.69, 9.17) is 11.6 Å². The molecule has 2 saturated heterocycles. The van der Waals surface area contributed by atoms with Crippen LogP contribution in [0.1, 0.15) is 32.8 Å². The number of urea groups is 1. The molecule has 0 spiro atoms. The highest BCUT2D eigenvalue weighted by Crippen LogP contribution is 2.30. The van der Waals surface area contributed by atoms with E-state index in [2.05, 4.69) is 11.9 Å². The van der Waals surface area contributed by atoms with Crippen LogP contribution in [-0.4, -0.2) is 76.6 Å². The third-order valence-electron chi connectivity index (χ3n) is 6.45. The maximum atomic E-state index is 13.6. The van der Waals surface area contributed by atoms with E-state index in [-0.39, 0.29) is 43.9 Å². The maximum absolute atomic E-state index is 13.6. The summed E-state index contributed by atoms with van der Waals surface area (Å²) in [6, 6.07) is 6.20. The quantitative estimate of drug-likeness (QED) is 0.512. The fraction of sp³-hybridized carbons (Fsp3) is 0.444. The topological polar surface area (TPSA) is 76.2 Å². The number of benzene rings is 1. The molecule has 0 aliphatic carbocycles. The molecular formula is C27H35ClFN5O3. The molecule has 1 unspecified atom stereocenters. The first-order chi connectivity index (χ1) is 17.5. The van der Waals surface area contributed by atoms with Crippen LogP contribution >= 0.6 is 11.6 Å². The van der Waals surface area contributed by atoms with Crippen LogP contribution in [0.4, 0.5) is 9.18 Å². The molecule has 1 N–H and O–H groups in total. The molecular weight excluding hydrogens is 497 g/mol. The number of rotatable bonds is 8. The second-order valence-corrected chi connectivity index (χ2v) is 10.1. The van der Waals surface area contributed by atoms with Crippen molar-refractivity contribution >= 4 is 29.4 Å². The summed E-state index contributed by atoms with van der Waals surface area (Å²) in [6.45, 7) is 9.52. The summed E-state index contributed by atoms with van der Waals surface area (Å²) in [4.78, 5) is 43.5. The molecule has 8 nitrogen and oxygen atoms in total. The maximum Gasteiger partial charge on any atom is 0.334 e. The monoisotopic (exact) mass is 531 g/mol. The molecule has 2 aliphatic heterocycles. The number of carbonyl (C=O) groups is 3. The molecule has 2 atom stereocenters. The molecule has 3 rings (SSSR count). The highest BCUT2D eigenvalue weighted by Gasteiger charge is 2.50. The Balaban J connectivity index is 1.90. The van der Waals surface area contributed by atoms with Gasteiger partial charge in [0.25, 0.3) is 0 Å². The second-order valence-electron chi connectivity index (χ2n) is 9.70. The summed E-state index contributed by atoms with van der Waals surface area (Å²) in [5, 5.41) is 6.47. The van der Waals surface area contributed by atoms with Crippen molar-refractivity contribution in [2.75, 3.05) is 26.7 Å². The zero-order valence-corrected chi connectivity index (χ0v) is 22.5. The summed E-state index contributed by atoms with van der Waals surface area (Å²) in [5.74, 6) is -0.793. The van der Waals surface area contributed by atoms with Crippen molar-refractivity contribution in [3.8, 4) is 0 Å². The Morgan fingerprint density at radius 1 is 1.27 bits per heavy atom. The number of halogens is 2. The fourth-order valence-corrected chi connectivity index (χ4v) is 4.86. The standard InChI is InChI=1S/C27H35ClFN5O3/c1-6-20(12-11-19(4)29)14-30-27(37)34-24-16-32(15-21-9-7-8-10-22(21)28)26(36)23(13-18(2)3)33(24)25(35)17-31(34)5/h6-12,18,23-24H,4,13-17H2,1-3,5H3,(H,30,37)/b12-11-,20-6+/t23-,24?/m0/s1. The van der Waals surface area contributed by atoms with Crippen molar-refractivity contribution in [1.82, 2.24) is 25.1 Å². The zero-order chi connectivity index (χ0) is 27.3. The molecule has 0 radical (unpaired) electrons. The lowest BCUT2D eigenvalue weighted by molar-refractivity contribution is -0.188. The number of nitrogens with zero attached hydrogens (tertiary/aromatic N) is 4. The summed E-state index contributed by atoms with van der Waals surface area (Å²) < 4.78 is 13.0. The Bertz CT molecular complexity index is 1110. The van der Waals surface area contributed by atoms with Gasteiger partial charge in [-0.05, 0) is 42.5 Å². The van der Waals surface area contributed by atoms with E-state index < -0.39 is 24.1 Å². The number of piperazine rings is 1. The van der Waals surface area contributed by atoms with Gasteiger partial charge in [-0.1, -0.05) is 62.4 Å². The molecule has 200 valence electrons. The van der Waals surface area contributed by atoms with E-state index in [0.717, 1.165) is 5.56 Å². The number of hydrazine groups is 1. The first-order valence-electron chi connectivity index (χ1n) is 12.3. The molecule has 2 aliphatic rings. The molecule has 0 bridgehead atoms. The van der Waals surface area contributed by atoms with Crippen molar-refractivity contribution in [2.24, 2.45) is 5.92 Å². The molecule has 10 heteroatoms. The Morgan fingerprint density at radius 3 is 2.59 bits per heavy atom. The normalized spacial score (nSPS) is 21.2.